The molecular formula is C35H72N2O. The number of rotatable bonds is 29. The minimum Gasteiger partial charge on any atom is -0.392 e. The molecule has 1 heterocycles. The average Bonchev–Trinajstić information content (AvgIpc) is 2.93. The van der Waals surface area contributed by atoms with E-state index >= 15 is 0 Å². The zero-order chi connectivity index (χ0) is 27.4. The number of nitrogens with zero attached hydrogens (tertiary/aromatic N) is 2. The van der Waals surface area contributed by atoms with Crippen LogP contribution in [-0.4, -0.2) is 60.3 Å². The Labute approximate surface area is 240 Å². The van der Waals surface area contributed by atoms with Crippen molar-refractivity contribution in [2.75, 3.05) is 39.3 Å². The summed E-state index contributed by atoms with van der Waals surface area (Å²) >= 11 is 0. The number of hydrogen-bond acceptors (Lipinski definition) is 3. The molecule has 0 aromatic rings. The van der Waals surface area contributed by atoms with Gasteiger partial charge < -0.3 is 10.0 Å². The van der Waals surface area contributed by atoms with Crippen LogP contribution in [0.1, 0.15) is 181 Å². The van der Waals surface area contributed by atoms with Gasteiger partial charge in [-0.05, 0) is 45.3 Å². The quantitative estimate of drug-likeness (QED) is 0.0963. The predicted octanol–water partition coefficient (Wildman–Crippen LogP) is 10.1. The van der Waals surface area contributed by atoms with Gasteiger partial charge in [-0.1, -0.05) is 155 Å². The highest BCUT2D eigenvalue weighted by Gasteiger charge is 2.15. The fraction of sp³-hybridized carbons (Fsp3) is 1.00. The third kappa shape index (κ3) is 23.7. The fourth-order valence-corrected chi connectivity index (χ4v) is 6.19. The molecule has 1 rings (SSSR count). The maximum absolute atomic E-state index is 10.8. The summed E-state index contributed by atoms with van der Waals surface area (Å²) in [5, 5.41) is 10.8. The Morgan fingerprint density at radius 1 is 0.526 bits per heavy atom. The molecular weight excluding hydrogens is 464 g/mol. The summed E-state index contributed by atoms with van der Waals surface area (Å²) in [5.74, 6) is 0. The minimum absolute atomic E-state index is 0.136. The van der Waals surface area contributed by atoms with Crippen molar-refractivity contribution in [3.05, 3.63) is 0 Å². The van der Waals surface area contributed by atoms with Crippen LogP contribution in [0.2, 0.25) is 0 Å². The van der Waals surface area contributed by atoms with E-state index in [1.165, 1.54) is 187 Å². The third-order valence-corrected chi connectivity index (χ3v) is 8.87. The van der Waals surface area contributed by atoms with E-state index in [1.54, 1.807) is 0 Å². The van der Waals surface area contributed by atoms with E-state index in [-0.39, 0.29) is 6.10 Å². The highest BCUT2D eigenvalue weighted by molar-refractivity contribution is 4.70. The molecule has 0 amide bonds. The van der Waals surface area contributed by atoms with E-state index in [4.69, 9.17) is 0 Å². The highest BCUT2D eigenvalue weighted by Crippen LogP contribution is 2.15. The molecule has 1 saturated heterocycles. The van der Waals surface area contributed by atoms with Crippen LogP contribution in [-0.2, 0) is 0 Å². The lowest BCUT2D eigenvalue weighted by atomic mass is 10.0. The van der Waals surface area contributed by atoms with Crippen LogP contribution in [0.4, 0.5) is 0 Å². The van der Waals surface area contributed by atoms with Gasteiger partial charge in [-0.15, -0.1) is 0 Å². The van der Waals surface area contributed by atoms with Gasteiger partial charge in [0.05, 0.1) is 6.10 Å². The lowest BCUT2D eigenvalue weighted by Crippen LogP contribution is -2.41. The Morgan fingerprint density at radius 3 is 1.42 bits per heavy atom. The van der Waals surface area contributed by atoms with E-state index < -0.39 is 0 Å². The average molecular weight is 537 g/mol. The van der Waals surface area contributed by atoms with Crippen molar-refractivity contribution < 1.29 is 5.11 Å². The summed E-state index contributed by atoms with van der Waals surface area (Å²) < 4.78 is 0. The molecule has 1 unspecified atom stereocenters. The smallest absolute Gasteiger partial charge is 0.0667 e. The second-order valence-corrected chi connectivity index (χ2v) is 12.7. The van der Waals surface area contributed by atoms with Crippen LogP contribution in [0.3, 0.4) is 0 Å². The third-order valence-electron chi connectivity index (χ3n) is 8.87. The standard InChI is InChI=1S/C35H72N2O/c1-3-5-7-9-11-13-14-15-16-17-18-20-22-25-31-37(33-32-36-29-26-23-27-30-36)34-35(38)28-24-21-19-12-10-8-6-4-2/h35,38H,3-34H2,1-2H3. The van der Waals surface area contributed by atoms with Crippen molar-refractivity contribution in [2.45, 2.75) is 187 Å². The summed E-state index contributed by atoms with van der Waals surface area (Å²) in [4.78, 5) is 5.26. The van der Waals surface area contributed by atoms with Crippen LogP contribution in [0.25, 0.3) is 0 Å². The second-order valence-electron chi connectivity index (χ2n) is 12.7. The van der Waals surface area contributed by atoms with E-state index in [0.29, 0.717) is 0 Å². The molecule has 0 aliphatic carbocycles. The Morgan fingerprint density at radius 2 is 0.947 bits per heavy atom. The second kappa shape index (κ2) is 28.4. The van der Waals surface area contributed by atoms with Crippen molar-refractivity contribution in [1.29, 1.82) is 0 Å². The zero-order valence-corrected chi connectivity index (χ0v) is 26.5. The summed E-state index contributed by atoms with van der Waals surface area (Å²) in [5.41, 5.74) is 0. The van der Waals surface area contributed by atoms with Crippen LogP contribution < -0.4 is 0 Å². The topological polar surface area (TPSA) is 26.7 Å². The first-order chi connectivity index (χ1) is 18.8. The van der Waals surface area contributed by atoms with Gasteiger partial charge in [-0.2, -0.15) is 0 Å². The number of aliphatic hydroxyl groups excluding tert-OH is 1. The van der Waals surface area contributed by atoms with Gasteiger partial charge >= 0.3 is 0 Å². The Kier molecular flexibility index (Phi) is 26.8. The monoisotopic (exact) mass is 537 g/mol. The first-order valence-corrected chi connectivity index (χ1v) is 17.9. The van der Waals surface area contributed by atoms with Crippen molar-refractivity contribution in [3.8, 4) is 0 Å². The van der Waals surface area contributed by atoms with Crippen molar-refractivity contribution in [1.82, 2.24) is 9.80 Å². The van der Waals surface area contributed by atoms with E-state index in [0.717, 1.165) is 19.5 Å². The molecule has 0 aromatic heterocycles. The van der Waals surface area contributed by atoms with Gasteiger partial charge in [0.2, 0.25) is 0 Å². The first-order valence-electron chi connectivity index (χ1n) is 17.9. The number of piperidine rings is 1. The maximum Gasteiger partial charge on any atom is 0.0667 e. The van der Waals surface area contributed by atoms with E-state index in [9.17, 15) is 5.11 Å². The SMILES string of the molecule is CCCCCCCCCCCCCCCCN(CCN1CCCCC1)CC(O)CCCCCCCCCC. The van der Waals surface area contributed by atoms with E-state index in [1.807, 2.05) is 0 Å². The molecule has 228 valence electrons. The highest BCUT2D eigenvalue weighted by atomic mass is 16.3. The number of unbranched alkanes of at least 4 members (excludes halogenated alkanes) is 20. The minimum atomic E-state index is -0.136. The van der Waals surface area contributed by atoms with Crippen molar-refractivity contribution in [2.24, 2.45) is 0 Å². The van der Waals surface area contributed by atoms with Crippen LogP contribution in [0, 0.1) is 0 Å². The van der Waals surface area contributed by atoms with Gasteiger partial charge in [-0.3, -0.25) is 4.90 Å². The number of aliphatic hydroxyl groups is 1. The first kappa shape index (κ1) is 35.9. The van der Waals surface area contributed by atoms with Crippen molar-refractivity contribution >= 4 is 0 Å². The number of hydrogen-bond donors (Lipinski definition) is 1. The predicted molar refractivity (Wildman–Crippen MR) is 170 cm³/mol. The van der Waals surface area contributed by atoms with Crippen LogP contribution in [0.5, 0.6) is 0 Å². The van der Waals surface area contributed by atoms with Gasteiger partial charge in [0.15, 0.2) is 0 Å². The zero-order valence-electron chi connectivity index (χ0n) is 26.5. The molecule has 1 N–H and O–H groups in total. The van der Waals surface area contributed by atoms with Gasteiger partial charge in [0, 0.05) is 19.6 Å². The van der Waals surface area contributed by atoms with Gasteiger partial charge in [0.1, 0.15) is 0 Å². The van der Waals surface area contributed by atoms with Crippen molar-refractivity contribution in [3.63, 3.8) is 0 Å². The molecule has 0 aromatic carbocycles. The Bertz CT molecular complexity index is 451. The summed E-state index contributed by atoms with van der Waals surface area (Å²) in [6.45, 7) is 11.6. The summed E-state index contributed by atoms with van der Waals surface area (Å²) in [7, 11) is 0. The molecule has 0 saturated carbocycles. The number of likely N-dealkylation sites (tertiary alicyclic amines) is 1. The van der Waals surface area contributed by atoms with Crippen LogP contribution in [0.15, 0.2) is 0 Å². The van der Waals surface area contributed by atoms with Gasteiger partial charge in [0.25, 0.3) is 0 Å². The Hall–Kier alpha value is -0.120. The lowest BCUT2D eigenvalue weighted by Gasteiger charge is -2.31. The molecule has 0 spiro atoms. The molecule has 0 bridgehead atoms. The molecule has 1 aliphatic rings. The molecule has 1 fully saturated rings. The molecule has 38 heavy (non-hydrogen) atoms. The van der Waals surface area contributed by atoms with Crippen LogP contribution >= 0.6 is 0 Å². The molecule has 1 aliphatic heterocycles. The fourth-order valence-electron chi connectivity index (χ4n) is 6.19. The molecule has 3 nitrogen and oxygen atoms in total. The lowest BCUT2D eigenvalue weighted by molar-refractivity contribution is 0.0919. The Balaban J connectivity index is 2.11. The maximum atomic E-state index is 10.8. The van der Waals surface area contributed by atoms with Gasteiger partial charge in [-0.25, -0.2) is 0 Å². The molecule has 3 heteroatoms. The summed E-state index contributed by atoms with van der Waals surface area (Å²) in [6, 6.07) is 0. The molecule has 1 atom stereocenters. The normalized spacial score (nSPS) is 15.5. The van der Waals surface area contributed by atoms with E-state index in [2.05, 4.69) is 23.6 Å². The molecule has 0 radical (unpaired) electrons. The summed E-state index contributed by atoms with van der Waals surface area (Å²) in [6.07, 6.45) is 35.7. The largest absolute Gasteiger partial charge is 0.392 e.